The number of aromatic nitrogens is 3. The second-order valence-electron chi connectivity index (χ2n) is 11.1. The van der Waals surface area contributed by atoms with Crippen LogP contribution in [-0.4, -0.2) is 39.1 Å². The lowest BCUT2D eigenvalue weighted by Crippen LogP contribution is -2.42. The van der Waals surface area contributed by atoms with Crippen LogP contribution in [0.1, 0.15) is 41.1 Å². The molecule has 41 heavy (non-hydrogen) atoms. The van der Waals surface area contributed by atoms with Gasteiger partial charge in [-0.1, -0.05) is 91.5 Å². The summed E-state index contributed by atoms with van der Waals surface area (Å²) in [6.07, 6.45) is 4.20. The van der Waals surface area contributed by atoms with E-state index in [0.717, 1.165) is 60.2 Å². The van der Waals surface area contributed by atoms with Crippen molar-refractivity contribution >= 4 is 11.5 Å². The standard InChI is InChI=1S/C35H38N6/c1-25-13-10-11-19-31(25)32-21-33(41-35(39-32)26(2)22-37-41)36-23-28-14-12-20-40(24-28)27(3)38-34(29-15-6-4-7-16-29)30-17-8-5-9-18-30/h4-11,13,15-19,21-22,28,34,36,38H,3,12,14,20,23-24H2,1-2H3. The van der Waals surface area contributed by atoms with E-state index in [0.29, 0.717) is 5.92 Å². The number of nitrogens with one attached hydrogen (secondary N) is 2. The van der Waals surface area contributed by atoms with E-state index in [1.807, 2.05) is 10.7 Å². The van der Waals surface area contributed by atoms with Gasteiger partial charge in [-0.05, 0) is 49.3 Å². The molecule has 0 amide bonds. The fourth-order valence-electron chi connectivity index (χ4n) is 5.83. The highest BCUT2D eigenvalue weighted by molar-refractivity contribution is 5.70. The Bertz CT molecular complexity index is 1590. The fourth-order valence-corrected chi connectivity index (χ4v) is 5.83. The molecule has 0 aliphatic carbocycles. The molecule has 1 fully saturated rings. The summed E-state index contributed by atoms with van der Waals surface area (Å²) in [6.45, 7) is 11.5. The smallest absolute Gasteiger partial charge is 0.160 e. The molecular weight excluding hydrogens is 504 g/mol. The number of likely N-dealkylation sites (tertiary alicyclic amines) is 1. The van der Waals surface area contributed by atoms with Crippen LogP contribution >= 0.6 is 0 Å². The summed E-state index contributed by atoms with van der Waals surface area (Å²) in [7, 11) is 0. The Hall–Kier alpha value is -4.58. The van der Waals surface area contributed by atoms with E-state index < -0.39 is 0 Å². The van der Waals surface area contributed by atoms with Crippen LogP contribution in [0.3, 0.4) is 0 Å². The molecule has 1 aliphatic rings. The molecule has 3 heterocycles. The first-order chi connectivity index (χ1) is 20.1. The largest absolute Gasteiger partial charge is 0.370 e. The third-order valence-electron chi connectivity index (χ3n) is 8.12. The van der Waals surface area contributed by atoms with Gasteiger partial charge in [0.15, 0.2) is 5.65 Å². The first kappa shape index (κ1) is 26.6. The van der Waals surface area contributed by atoms with Gasteiger partial charge in [0.05, 0.1) is 23.8 Å². The Labute approximate surface area is 242 Å². The van der Waals surface area contributed by atoms with Gasteiger partial charge in [-0.2, -0.15) is 9.61 Å². The lowest BCUT2D eigenvalue weighted by Gasteiger charge is -2.37. The molecule has 0 radical (unpaired) electrons. The molecule has 6 nitrogen and oxygen atoms in total. The fraction of sp³-hybridized carbons (Fsp3) is 0.257. The van der Waals surface area contributed by atoms with Crippen LogP contribution in [0.5, 0.6) is 0 Å². The number of benzene rings is 3. The number of piperidine rings is 1. The summed E-state index contributed by atoms with van der Waals surface area (Å²) in [6, 6.07) is 31.8. The van der Waals surface area contributed by atoms with Gasteiger partial charge in [-0.15, -0.1) is 0 Å². The van der Waals surface area contributed by atoms with E-state index in [9.17, 15) is 0 Å². The quantitative estimate of drug-likeness (QED) is 0.210. The molecule has 2 aromatic heterocycles. The minimum Gasteiger partial charge on any atom is -0.370 e. The minimum atomic E-state index is 0.0522. The van der Waals surface area contributed by atoms with Crippen molar-refractivity contribution in [2.24, 2.45) is 5.92 Å². The second-order valence-corrected chi connectivity index (χ2v) is 11.1. The van der Waals surface area contributed by atoms with Crippen LogP contribution in [0.15, 0.2) is 110 Å². The summed E-state index contributed by atoms with van der Waals surface area (Å²) < 4.78 is 1.93. The molecule has 1 aliphatic heterocycles. The summed E-state index contributed by atoms with van der Waals surface area (Å²) >= 11 is 0. The molecule has 6 heteroatoms. The molecule has 1 atom stereocenters. The molecule has 0 bridgehead atoms. The third-order valence-corrected chi connectivity index (χ3v) is 8.12. The molecule has 3 aromatic carbocycles. The maximum absolute atomic E-state index is 4.97. The van der Waals surface area contributed by atoms with Gasteiger partial charge in [0, 0.05) is 36.8 Å². The van der Waals surface area contributed by atoms with Crippen LogP contribution < -0.4 is 10.6 Å². The van der Waals surface area contributed by atoms with E-state index >= 15 is 0 Å². The Morgan fingerprint density at radius 3 is 2.32 bits per heavy atom. The summed E-state index contributed by atoms with van der Waals surface area (Å²) in [4.78, 5) is 7.38. The highest BCUT2D eigenvalue weighted by Gasteiger charge is 2.24. The minimum absolute atomic E-state index is 0.0522. The molecule has 6 rings (SSSR count). The lowest BCUT2D eigenvalue weighted by atomic mass is 9.97. The number of anilines is 1. The molecule has 208 valence electrons. The Morgan fingerprint density at radius 2 is 1.61 bits per heavy atom. The van der Waals surface area contributed by atoms with Gasteiger partial charge in [-0.3, -0.25) is 0 Å². The summed E-state index contributed by atoms with van der Waals surface area (Å²) in [5.41, 5.74) is 7.76. The van der Waals surface area contributed by atoms with Crippen molar-refractivity contribution in [1.29, 1.82) is 0 Å². The van der Waals surface area contributed by atoms with E-state index in [4.69, 9.17) is 4.98 Å². The van der Waals surface area contributed by atoms with Crippen molar-refractivity contribution in [3.8, 4) is 11.3 Å². The van der Waals surface area contributed by atoms with Crippen LogP contribution in [0.2, 0.25) is 0 Å². The number of hydrogen-bond acceptors (Lipinski definition) is 5. The predicted molar refractivity (Wildman–Crippen MR) is 168 cm³/mol. The Morgan fingerprint density at radius 1 is 0.927 bits per heavy atom. The summed E-state index contributed by atoms with van der Waals surface area (Å²) in [5.74, 6) is 2.43. The van der Waals surface area contributed by atoms with E-state index in [-0.39, 0.29) is 6.04 Å². The number of fused-ring (bicyclic) bond motifs is 1. The molecule has 1 saturated heterocycles. The van der Waals surface area contributed by atoms with Crippen LogP contribution in [-0.2, 0) is 0 Å². The predicted octanol–water partition coefficient (Wildman–Crippen LogP) is 6.99. The van der Waals surface area contributed by atoms with Gasteiger partial charge in [-0.25, -0.2) is 4.98 Å². The van der Waals surface area contributed by atoms with Gasteiger partial charge in [0.2, 0.25) is 0 Å². The third kappa shape index (κ3) is 5.82. The zero-order valence-electron chi connectivity index (χ0n) is 23.9. The van der Waals surface area contributed by atoms with Crippen molar-refractivity contribution in [3.63, 3.8) is 0 Å². The van der Waals surface area contributed by atoms with Gasteiger partial charge < -0.3 is 15.5 Å². The van der Waals surface area contributed by atoms with Crippen LogP contribution in [0, 0.1) is 19.8 Å². The highest BCUT2D eigenvalue weighted by atomic mass is 15.3. The van der Waals surface area contributed by atoms with E-state index in [1.165, 1.54) is 23.1 Å². The number of aryl methyl sites for hydroxylation is 2. The van der Waals surface area contributed by atoms with E-state index in [1.54, 1.807) is 0 Å². The number of hydrogen-bond donors (Lipinski definition) is 2. The zero-order chi connectivity index (χ0) is 28.2. The molecule has 2 N–H and O–H groups in total. The second kappa shape index (κ2) is 11.9. The molecule has 0 spiro atoms. The molecule has 1 unspecified atom stereocenters. The first-order valence-corrected chi connectivity index (χ1v) is 14.5. The Kier molecular flexibility index (Phi) is 7.72. The zero-order valence-corrected chi connectivity index (χ0v) is 23.9. The number of nitrogens with zero attached hydrogens (tertiary/aromatic N) is 4. The average Bonchev–Trinajstić information content (AvgIpc) is 3.40. The summed E-state index contributed by atoms with van der Waals surface area (Å²) in [5, 5.41) is 12.1. The SMILES string of the molecule is C=C(NC(c1ccccc1)c1ccccc1)N1CCCC(CNc2cc(-c3ccccc3C)nc3c(C)cnn23)C1. The van der Waals surface area contributed by atoms with Crippen LogP contribution in [0.25, 0.3) is 16.9 Å². The van der Waals surface area contributed by atoms with Crippen LogP contribution in [0.4, 0.5) is 5.82 Å². The molecule has 0 saturated carbocycles. The highest BCUT2D eigenvalue weighted by Crippen LogP contribution is 2.28. The Balaban J connectivity index is 1.17. The van der Waals surface area contributed by atoms with Gasteiger partial charge in [0.1, 0.15) is 5.82 Å². The maximum Gasteiger partial charge on any atom is 0.160 e. The maximum atomic E-state index is 4.97. The number of rotatable bonds is 9. The normalized spacial score (nSPS) is 15.3. The van der Waals surface area contributed by atoms with Gasteiger partial charge >= 0.3 is 0 Å². The van der Waals surface area contributed by atoms with Crippen molar-refractivity contribution in [3.05, 3.63) is 132 Å². The van der Waals surface area contributed by atoms with Gasteiger partial charge in [0.25, 0.3) is 0 Å². The average molecular weight is 543 g/mol. The first-order valence-electron chi connectivity index (χ1n) is 14.5. The topological polar surface area (TPSA) is 57.5 Å². The molecule has 5 aromatic rings. The van der Waals surface area contributed by atoms with E-state index in [2.05, 4.69) is 132 Å². The molecular formula is C35H38N6. The van der Waals surface area contributed by atoms with Crippen molar-refractivity contribution in [1.82, 2.24) is 24.8 Å². The van der Waals surface area contributed by atoms with Crippen molar-refractivity contribution in [2.75, 3.05) is 25.0 Å². The monoisotopic (exact) mass is 542 g/mol. The lowest BCUT2D eigenvalue weighted by molar-refractivity contribution is 0.210. The van der Waals surface area contributed by atoms with Crippen molar-refractivity contribution in [2.45, 2.75) is 32.7 Å². The van der Waals surface area contributed by atoms with Crippen molar-refractivity contribution < 1.29 is 0 Å².